The van der Waals surface area contributed by atoms with E-state index in [1.54, 1.807) is 12.1 Å². The standard InChI is InChI=1S/C18H21N5O4/c1-3-7-23-15(20)14(16(24)21-18(23)26)22(8-9-27-2)17(25)13-6-4-5-12(10-13)11-19/h4-6,10H,3,7-9,20H2,1-2H3,(H,21,24,26). The van der Waals surface area contributed by atoms with Gasteiger partial charge in [-0.25, -0.2) is 4.79 Å². The van der Waals surface area contributed by atoms with Crippen LogP contribution in [0.15, 0.2) is 33.9 Å². The summed E-state index contributed by atoms with van der Waals surface area (Å²) in [5.74, 6) is -0.616. The van der Waals surface area contributed by atoms with E-state index in [4.69, 9.17) is 15.7 Å². The van der Waals surface area contributed by atoms with Crippen LogP contribution in [0.1, 0.15) is 29.3 Å². The number of carbonyl (C=O) groups excluding carboxylic acids is 1. The molecule has 0 aliphatic heterocycles. The second kappa shape index (κ2) is 8.82. The molecule has 9 heteroatoms. The smallest absolute Gasteiger partial charge is 0.330 e. The first-order valence-corrected chi connectivity index (χ1v) is 8.38. The third-order valence-corrected chi connectivity index (χ3v) is 3.93. The molecule has 0 saturated carbocycles. The number of hydrogen-bond acceptors (Lipinski definition) is 6. The number of nitriles is 1. The first-order valence-electron chi connectivity index (χ1n) is 8.38. The largest absolute Gasteiger partial charge is 0.383 e. The van der Waals surface area contributed by atoms with Gasteiger partial charge in [0.25, 0.3) is 11.5 Å². The maximum Gasteiger partial charge on any atom is 0.330 e. The van der Waals surface area contributed by atoms with Crippen LogP contribution in [-0.2, 0) is 11.3 Å². The Kier molecular flexibility index (Phi) is 6.51. The molecule has 0 atom stereocenters. The van der Waals surface area contributed by atoms with Crippen LogP contribution in [0, 0.1) is 11.3 Å². The van der Waals surface area contributed by atoms with E-state index in [0.29, 0.717) is 18.5 Å². The Bertz CT molecular complexity index is 986. The van der Waals surface area contributed by atoms with Gasteiger partial charge in [-0.2, -0.15) is 5.26 Å². The summed E-state index contributed by atoms with van der Waals surface area (Å²) in [6.07, 6.45) is 0.617. The Morgan fingerprint density at radius 1 is 1.41 bits per heavy atom. The van der Waals surface area contributed by atoms with Crippen molar-refractivity contribution in [2.45, 2.75) is 19.9 Å². The molecule has 0 aliphatic rings. The predicted molar refractivity (Wildman–Crippen MR) is 101 cm³/mol. The lowest BCUT2D eigenvalue weighted by Gasteiger charge is -2.24. The molecular weight excluding hydrogens is 350 g/mol. The molecular formula is C18H21N5O4. The van der Waals surface area contributed by atoms with E-state index in [-0.39, 0.29) is 30.2 Å². The minimum absolute atomic E-state index is 0.0454. The van der Waals surface area contributed by atoms with Crippen molar-refractivity contribution in [3.8, 4) is 6.07 Å². The quantitative estimate of drug-likeness (QED) is 0.735. The molecule has 0 aliphatic carbocycles. The van der Waals surface area contributed by atoms with Gasteiger partial charge in [-0.05, 0) is 24.6 Å². The minimum atomic E-state index is -0.759. The van der Waals surface area contributed by atoms with Crippen molar-refractivity contribution < 1.29 is 9.53 Å². The van der Waals surface area contributed by atoms with Gasteiger partial charge in [-0.1, -0.05) is 13.0 Å². The number of rotatable bonds is 7. The van der Waals surface area contributed by atoms with Gasteiger partial charge >= 0.3 is 5.69 Å². The fourth-order valence-electron chi connectivity index (χ4n) is 2.66. The molecule has 0 radical (unpaired) electrons. The van der Waals surface area contributed by atoms with Crippen LogP contribution in [0.4, 0.5) is 11.5 Å². The average Bonchev–Trinajstić information content (AvgIpc) is 2.67. The maximum absolute atomic E-state index is 13.0. The second-order valence-corrected chi connectivity index (χ2v) is 5.79. The van der Waals surface area contributed by atoms with Crippen LogP contribution in [0.3, 0.4) is 0 Å². The number of ether oxygens (including phenoxy) is 1. The summed E-state index contributed by atoms with van der Waals surface area (Å²) in [5.41, 5.74) is 5.09. The van der Waals surface area contributed by atoms with Crippen LogP contribution >= 0.6 is 0 Å². The van der Waals surface area contributed by atoms with Gasteiger partial charge in [-0.3, -0.25) is 24.0 Å². The van der Waals surface area contributed by atoms with Crippen molar-refractivity contribution >= 4 is 17.4 Å². The fraction of sp³-hybridized carbons (Fsp3) is 0.333. The normalized spacial score (nSPS) is 10.4. The van der Waals surface area contributed by atoms with E-state index < -0.39 is 17.2 Å². The fourth-order valence-corrected chi connectivity index (χ4v) is 2.66. The molecule has 1 heterocycles. The summed E-state index contributed by atoms with van der Waals surface area (Å²) in [7, 11) is 1.46. The number of aromatic nitrogens is 2. The number of nitrogens with two attached hydrogens (primary N) is 1. The summed E-state index contributed by atoms with van der Waals surface area (Å²) in [6.45, 7) is 2.35. The Labute approximate surface area is 155 Å². The van der Waals surface area contributed by atoms with Crippen LogP contribution < -0.4 is 21.9 Å². The van der Waals surface area contributed by atoms with Crippen molar-refractivity contribution in [3.05, 3.63) is 56.2 Å². The summed E-state index contributed by atoms with van der Waals surface area (Å²) in [6, 6.07) is 8.07. The Balaban J connectivity index is 2.62. The van der Waals surface area contributed by atoms with Gasteiger partial charge in [0.2, 0.25) is 0 Å². The highest BCUT2D eigenvalue weighted by Gasteiger charge is 2.25. The Morgan fingerprint density at radius 2 is 2.15 bits per heavy atom. The zero-order valence-electron chi connectivity index (χ0n) is 15.2. The minimum Gasteiger partial charge on any atom is -0.383 e. The number of hydrogen-bond donors (Lipinski definition) is 2. The van der Waals surface area contributed by atoms with E-state index in [1.165, 1.54) is 28.7 Å². The third kappa shape index (κ3) is 4.24. The lowest BCUT2D eigenvalue weighted by molar-refractivity contribution is 0.0975. The molecule has 27 heavy (non-hydrogen) atoms. The topological polar surface area (TPSA) is 134 Å². The molecule has 0 saturated heterocycles. The summed E-state index contributed by atoms with van der Waals surface area (Å²) in [4.78, 5) is 40.9. The van der Waals surface area contributed by atoms with E-state index in [2.05, 4.69) is 4.98 Å². The highest BCUT2D eigenvalue weighted by atomic mass is 16.5. The van der Waals surface area contributed by atoms with Crippen molar-refractivity contribution in [3.63, 3.8) is 0 Å². The lowest BCUT2D eigenvalue weighted by atomic mass is 10.1. The number of methoxy groups -OCH3 is 1. The lowest BCUT2D eigenvalue weighted by Crippen LogP contribution is -2.42. The van der Waals surface area contributed by atoms with E-state index in [0.717, 1.165) is 0 Å². The summed E-state index contributed by atoms with van der Waals surface area (Å²) >= 11 is 0. The van der Waals surface area contributed by atoms with Crippen LogP contribution in [0.2, 0.25) is 0 Å². The molecule has 1 amide bonds. The van der Waals surface area contributed by atoms with Crippen molar-refractivity contribution in [1.29, 1.82) is 5.26 Å². The van der Waals surface area contributed by atoms with Gasteiger partial charge in [0, 0.05) is 25.8 Å². The van der Waals surface area contributed by atoms with E-state index in [1.807, 2.05) is 13.0 Å². The number of carbonyl (C=O) groups is 1. The molecule has 2 rings (SSSR count). The molecule has 3 N–H and O–H groups in total. The number of amides is 1. The molecule has 0 unspecified atom stereocenters. The molecule has 0 spiro atoms. The Hall–Kier alpha value is -3.38. The highest BCUT2D eigenvalue weighted by Crippen LogP contribution is 2.20. The zero-order chi connectivity index (χ0) is 20.0. The molecule has 142 valence electrons. The van der Waals surface area contributed by atoms with Gasteiger partial charge in [0.05, 0.1) is 18.2 Å². The second-order valence-electron chi connectivity index (χ2n) is 5.79. The monoisotopic (exact) mass is 371 g/mol. The summed E-state index contributed by atoms with van der Waals surface area (Å²) < 4.78 is 6.26. The highest BCUT2D eigenvalue weighted by molar-refractivity contribution is 6.07. The number of H-pyrrole nitrogens is 1. The Morgan fingerprint density at radius 3 is 2.78 bits per heavy atom. The third-order valence-electron chi connectivity index (χ3n) is 3.93. The van der Waals surface area contributed by atoms with Crippen molar-refractivity contribution in [1.82, 2.24) is 9.55 Å². The number of nitrogens with zero attached hydrogens (tertiary/aromatic N) is 3. The summed E-state index contributed by atoms with van der Waals surface area (Å²) in [5, 5.41) is 9.05. The van der Waals surface area contributed by atoms with E-state index in [9.17, 15) is 14.4 Å². The number of nitrogens with one attached hydrogen (secondary N) is 1. The van der Waals surface area contributed by atoms with Crippen LogP contribution in [0.5, 0.6) is 0 Å². The van der Waals surface area contributed by atoms with Gasteiger partial charge in [-0.15, -0.1) is 0 Å². The van der Waals surface area contributed by atoms with Gasteiger partial charge in [0.15, 0.2) is 5.69 Å². The molecule has 2 aromatic rings. The molecule has 0 bridgehead atoms. The van der Waals surface area contributed by atoms with Crippen molar-refractivity contribution in [2.75, 3.05) is 30.9 Å². The van der Waals surface area contributed by atoms with Gasteiger partial charge < -0.3 is 10.5 Å². The molecule has 1 aromatic carbocycles. The number of nitrogen functional groups attached to an aromatic ring is 1. The number of benzene rings is 1. The first kappa shape index (κ1) is 19.9. The van der Waals surface area contributed by atoms with Gasteiger partial charge in [0.1, 0.15) is 5.82 Å². The van der Waals surface area contributed by atoms with Crippen LogP contribution in [0.25, 0.3) is 0 Å². The van der Waals surface area contributed by atoms with Crippen LogP contribution in [-0.4, -0.2) is 35.7 Å². The zero-order valence-corrected chi connectivity index (χ0v) is 15.2. The predicted octanol–water partition coefficient (Wildman–Crippen LogP) is 0.694. The molecule has 0 fully saturated rings. The SMILES string of the molecule is CCCn1c(N)c(N(CCOC)C(=O)c2cccc(C#N)c2)c(=O)[nH]c1=O. The number of anilines is 2. The maximum atomic E-state index is 13.0. The first-order chi connectivity index (χ1) is 12.9. The van der Waals surface area contributed by atoms with Crippen molar-refractivity contribution in [2.24, 2.45) is 0 Å². The number of aromatic amines is 1. The average molecular weight is 371 g/mol. The molecule has 1 aromatic heterocycles. The molecule has 9 nitrogen and oxygen atoms in total. The van der Waals surface area contributed by atoms with E-state index >= 15 is 0 Å².